The van der Waals surface area contributed by atoms with Gasteiger partial charge in [0.2, 0.25) is 0 Å². The fourth-order valence-corrected chi connectivity index (χ4v) is 4.40. The van der Waals surface area contributed by atoms with Crippen molar-refractivity contribution in [1.29, 1.82) is 5.41 Å². The van der Waals surface area contributed by atoms with Crippen molar-refractivity contribution in [1.82, 2.24) is 9.88 Å². The number of aromatic amines is 1. The molecule has 0 aliphatic carbocycles. The van der Waals surface area contributed by atoms with Crippen LogP contribution in [-0.4, -0.2) is 42.5 Å². The van der Waals surface area contributed by atoms with Crippen LogP contribution in [0.1, 0.15) is 29.5 Å². The number of amidine groups is 1. The van der Waals surface area contributed by atoms with Crippen LogP contribution in [0.4, 0.5) is 5.82 Å². The van der Waals surface area contributed by atoms with Crippen molar-refractivity contribution in [2.75, 3.05) is 32.1 Å². The lowest BCUT2D eigenvalue weighted by molar-refractivity contribution is 0.416. The fraction of sp³-hybridized carbons (Fsp3) is 0.240. The van der Waals surface area contributed by atoms with E-state index >= 15 is 0 Å². The van der Waals surface area contributed by atoms with E-state index in [-0.39, 0.29) is 0 Å². The number of para-hydroxylation sites is 1. The molecule has 3 aromatic rings. The number of H-pyrrole nitrogens is 1. The molecule has 3 heterocycles. The number of hydrogen-bond donors (Lipinski definition) is 3. The van der Waals surface area contributed by atoms with Gasteiger partial charge in [0.1, 0.15) is 17.4 Å². The van der Waals surface area contributed by atoms with E-state index in [0.717, 1.165) is 59.0 Å². The maximum atomic E-state index is 8.59. The number of aromatic nitrogens is 1. The van der Waals surface area contributed by atoms with Gasteiger partial charge in [-0.05, 0) is 42.2 Å². The van der Waals surface area contributed by atoms with Crippen molar-refractivity contribution < 1.29 is 4.74 Å². The first-order chi connectivity index (χ1) is 14.7. The van der Waals surface area contributed by atoms with Gasteiger partial charge in [-0.2, -0.15) is 0 Å². The van der Waals surface area contributed by atoms with E-state index in [9.17, 15) is 0 Å². The molecular formula is C25H26N4O. The second-order valence-corrected chi connectivity index (χ2v) is 7.84. The molecule has 3 N–H and O–H groups in total. The molecule has 1 fully saturated rings. The number of methoxy groups -OCH3 is 1. The zero-order valence-electron chi connectivity index (χ0n) is 17.2. The number of likely N-dealkylation sites (tertiary alicyclic amines) is 1. The first-order valence-corrected chi connectivity index (χ1v) is 10.5. The molecule has 0 unspecified atom stereocenters. The molecule has 0 amide bonds. The van der Waals surface area contributed by atoms with E-state index in [4.69, 9.17) is 10.1 Å². The number of anilines is 1. The Kier molecular flexibility index (Phi) is 4.79. The van der Waals surface area contributed by atoms with Gasteiger partial charge in [0.25, 0.3) is 0 Å². The van der Waals surface area contributed by atoms with Gasteiger partial charge in [-0.15, -0.1) is 0 Å². The SMILES string of the molecule is COc1ccccc1-c1c[nH]c2c1C=C(c1cccc(C(=N)N3CCCC3)c1)CN2. The van der Waals surface area contributed by atoms with Crippen LogP contribution in [0.2, 0.25) is 0 Å². The van der Waals surface area contributed by atoms with Crippen LogP contribution >= 0.6 is 0 Å². The fourth-order valence-electron chi connectivity index (χ4n) is 4.40. The molecule has 2 aliphatic rings. The Hall–Kier alpha value is -3.47. The van der Waals surface area contributed by atoms with Crippen LogP contribution in [-0.2, 0) is 0 Å². The van der Waals surface area contributed by atoms with Crippen LogP contribution in [0.5, 0.6) is 5.75 Å². The molecule has 0 spiro atoms. The predicted octanol–water partition coefficient (Wildman–Crippen LogP) is 5.08. The molecule has 5 nitrogen and oxygen atoms in total. The summed E-state index contributed by atoms with van der Waals surface area (Å²) in [5.74, 6) is 2.53. The molecule has 2 aromatic carbocycles. The highest BCUT2D eigenvalue weighted by Gasteiger charge is 2.20. The van der Waals surface area contributed by atoms with E-state index in [2.05, 4.69) is 45.5 Å². The van der Waals surface area contributed by atoms with Crippen molar-refractivity contribution in [3.8, 4) is 16.9 Å². The van der Waals surface area contributed by atoms with Crippen LogP contribution in [0.15, 0.2) is 54.7 Å². The Bertz CT molecular complexity index is 1120. The summed E-state index contributed by atoms with van der Waals surface area (Å²) in [5.41, 5.74) is 6.69. The summed E-state index contributed by atoms with van der Waals surface area (Å²) in [5, 5.41) is 12.1. The largest absolute Gasteiger partial charge is 0.496 e. The summed E-state index contributed by atoms with van der Waals surface area (Å²) < 4.78 is 5.58. The minimum atomic E-state index is 0.635. The molecule has 0 bridgehead atoms. The Morgan fingerprint density at radius 1 is 1.03 bits per heavy atom. The third-order valence-electron chi connectivity index (χ3n) is 6.02. The topological polar surface area (TPSA) is 64.1 Å². The second-order valence-electron chi connectivity index (χ2n) is 7.84. The number of ether oxygens (including phenoxy) is 1. The Labute approximate surface area is 176 Å². The molecule has 0 saturated carbocycles. The van der Waals surface area contributed by atoms with Crippen LogP contribution in [0.25, 0.3) is 22.8 Å². The maximum absolute atomic E-state index is 8.59. The number of benzene rings is 2. The summed E-state index contributed by atoms with van der Waals surface area (Å²) in [4.78, 5) is 5.54. The third kappa shape index (κ3) is 3.26. The van der Waals surface area contributed by atoms with Gasteiger partial charge in [0, 0.05) is 48.1 Å². The van der Waals surface area contributed by atoms with Gasteiger partial charge in [-0.1, -0.05) is 36.4 Å². The first-order valence-electron chi connectivity index (χ1n) is 10.5. The minimum Gasteiger partial charge on any atom is -0.496 e. The highest BCUT2D eigenvalue weighted by Crippen LogP contribution is 2.39. The lowest BCUT2D eigenvalue weighted by Gasteiger charge is -2.21. The summed E-state index contributed by atoms with van der Waals surface area (Å²) in [6, 6.07) is 16.5. The lowest BCUT2D eigenvalue weighted by Crippen LogP contribution is -2.27. The van der Waals surface area contributed by atoms with E-state index in [0.29, 0.717) is 5.84 Å². The van der Waals surface area contributed by atoms with E-state index in [1.165, 1.54) is 18.4 Å². The van der Waals surface area contributed by atoms with Crippen LogP contribution in [0.3, 0.4) is 0 Å². The van der Waals surface area contributed by atoms with Gasteiger partial charge >= 0.3 is 0 Å². The average Bonchev–Trinajstić information content (AvgIpc) is 3.48. The highest BCUT2D eigenvalue weighted by molar-refractivity contribution is 6.00. The second kappa shape index (κ2) is 7.75. The summed E-state index contributed by atoms with van der Waals surface area (Å²) in [6.07, 6.45) is 6.65. The smallest absolute Gasteiger partial charge is 0.128 e. The Morgan fingerprint density at radius 2 is 1.87 bits per heavy atom. The van der Waals surface area contributed by atoms with Gasteiger partial charge in [0.15, 0.2) is 0 Å². The van der Waals surface area contributed by atoms with Gasteiger partial charge in [-0.3, -0.25) is 5.41 Å². The number of rotatable bonds is 4. The van der Waals surface area contributed by atoms with Gasteiger partial charge < -0.3 is 19.9 Å². The standard InChI is InChI=1S/C25H26N4O/c1-30-23-10-3-2-9-20(23)22-16-28-25-21(22)14-19(15-27-25)17-7-6-8-18(13-17)24(26)29-11-4-5-12-29/h2-3,6-10,13-14,16,26-28H,4-5,11-12,15H2,1H3. The van der Waals surface area contributed by atoms with E-state index < -0.39 is 0 Å². The molecule has 0 atom stereocenters. The normalized spacial score (nSPS) is 15.4. The molecule has 30 heavy (non-hydrogen) atoms. The molecule has 5 rings (SSSR count). The van der Waals surface area contributed by atoms with Crippen molar-refractivity contribution in [3.05, 3.63) is 71.4 Å². The third-order valence-corrected chi connectivity index (χ3v) is 6.02. The molecule has 1 aromatic heterocycles. The molecule has 5 heteroatoms. The number of hydrogen-bond acceptors (Lipinski definition) is 3. The molecule has 1 saturated heterocycles. The number of nitrogens with zero attached hydrogens (tertiary/aromatic N) is 1. The monoisotopic (exact) mass is 398 g/mol. The lowest BCUT2D eigenvalue weighted by atomic mass is 9.95. The molecule has 0 radical (unpaired) electrons. The predicted molar refractivity (Wildman–Crippen MR) is 123 cm³/mol. The number of fused-ring (bicyclic) bond motifs is 1. The summed E-state index contributed by atoms with van der Waals surface area (Å²) >= 11 is 0. The van der Waals surface area contributed by atoms with Crippen molar-refractivity contribution in [2.24, 2.45) is 0 Å². The van der Waals surface area contributed by atoms with Gasteiger partial charge in [0.05, 0.1) is 7.11 Å². The Morgan fingerprint density at radius 3 is 2.70 bits per heavy atom. The van der Waals surface area contributed by atoms with Crippen LogP contribution < -0.4 is 10.1 Å². The molecule has 152 valence electrons. The quantitative estimate of drug-likeness (QED) is 0.424. The Balaban J connectivity index is 1.51. The van der Waals surface area contributed by atoms with Crippen molar-refractivity contribution >= 4 is 23.3 Å². The van der Waals surface area contributed by atoms with Crippen LogP contribution in [0, 0.1) is 5.41 Å². The van der Waals surface area contributed by atoms with Gasteiger partial charge in [-0.25, -0.2) is 0 Å². The van der Waals surface area contributed by atoms with Crippen molar-refractivity contribution in [3.63, 3.8) is 0 Å². The van der Waals surface area contributed by atoms with Crippen molar-refractivity contribution in [2.45, 2.75) is 12.8 Å². The minimum absolute atomic E-state index is 0.635. The average molecular weight is 399 g/mol. The molecule has 2 aliphatic heterocycles. The number of nitrogens with one attached hydrogen (secondary N) is 3. The summed E-state index contributed by atoms with van der Waals surface area (Å²) in [6.45, 7) is 2.73. The molecular weight excluding hydrogens is 372 g/mol. The first kappa shape index (κ1) is 18.6. The zero-order valence-corrected chi connectivity index (χ0v) is 17.2. The van der Waals surface area contributed by atoms with E-state index in [1.54, 1.807) is 7.11 Å². The maximum Gasteiger partial charge on any atom is 0.128 e. The summed E-state index contributed by atoms with van der Waals surface area (Å²) in [7, 11) is 1.71. The highest BCUT2D eigenvalue weighted by atomic mass is 16.5. The zero-order chi connectivity index (χ0) is 20.5. The van der Waals surface area contributed by atoms with E-state index in [1.807, 2.05) is 30.5 Å².